The number of piperidine rings is 1. The smallest absolute Gasteiger partial charge is 0.238 e. The molecule has 0 radical (unpaired) electrons. The molecule has 1 saturated heterocycles. The van der Waals surface area contributed by atoms with Gasteiger partial charge in [-0.25, -0.2) is 0 Å². The first-order valence-corrected chi connectivity index (χ1v) is 7.08. The third kappa shape index (κ3) is 4.34. The van der Waals surface area contributed by atoms with Gasteiger partial charge in [-0.15, -0.1) is 0 Å². The van der Waals surface area contributed by atoms with Crippen molar-refractivity contribution in [2.24, 2.45) is 0 Å². The van der Waals surface area contributed by atoms with Crippen molar-refractivity contribution in [1.82, 2.24) is 4.90 Å². The van der Waals surface area contributed by atoms with Crippen LogP contribution in [0.15, 0.2) is 18.2 Å². The van der Waals surface area contributed by atoms with Crippen LogP contribution < -0.4 is 15.8 Å². The zero-order valence-electron chi connectivity index (χ0n) is 12.6. The molecule has 0 unspecified atom stereocenters. The van der Waals surface area contributed by atoms with Crippen LogP contribution in [0.5, 0.6) is 5.75 Å². The standard InChI is InChI=1S/C15H23N3O3/c1-15(20)5-7-18(8-6-15)10-14(19)17-12-9-11(16)3-4-13(12)21-2/h3-4,9,20H,5-8,10,16H2,1-2H3,(H,17,19). The number of carbonyl (C=O) groups is 1. The van der Waals surface area contributed by atoms with Crippen LogP contribution in [0.25, 0.3) is 0 Å². The third-order valence-corrected chi connectivity index (χ3v) is 3.80. The molecule has 1 heterocycles. The second kappa shape index (κ2) is 6.32. The highest BCUT2D eigenvalue weighted by Gasteiger charge is 2.28. The van der Waals surface area contributed by atoms with E-state index in [-0.39, 0.29) is 5.91 Å². The Kier molecular flexibility index (Phi) is 4.69. The lowest BCUT2D eigenvalue weighted by atomic mass is 9.94. The molecule has 1 aliphatic heterocycles. The topological polar surface area (TPSA) is 87.8 Å². The molecule has 1 amide bonds. The van der Waals surface area contributed by atoms with Crippen molar-refractivity contribution in [3.63, 3.8) is 0 Å². The molecular weight excluding hydrogens is 270 g/mol. The van der Waals surface area contributed by atoms with Crippen LogP contribution in [-0.2, 0) is 4.79 Å². The summed E-state index contributed by atoms with van der Waals surface area (Å²) in [5.41, 5.74) is 6.26. The predicted octanol–water partition coefficient (Wildman–Crippen LogP) is 1.06. The molecule has 4 N–H and O–H groups in total. The molecule has 1 fully saturated rings. The fraction of sp³-hybridized carbons (Fsp3) is 0.533. The zero-order valence-corrected chi connectivity index (χ0v) is 12.6. The minimum absolute atomic E-state index is 0.111. The molecule has 1 aromatic carbocycles. The molecule has 116 valence electrons. The summed E-state index contributed by atoms with van der Waals surface area (Å²) >= 11 is 0. The molecule has 2 rings (SSSR count). The maximum absolute atomic E-state index is 12.1. The van der Waals surface area contributed by atoms with E-state index in [1.165, 1.54) is 0 Å². The Morgan fingerprint density at radius 1 is 1.48 bits per heavy atom. The van der Waals surface area contributed by atoms with Gasteiger partial charge in [0.1, 0.15) is 5.75 Å². The number of benzene rings is 1. The third-order valence-electron chi connectivity index (χ3n) is 3.80. The van der Waals surface area contributed by atoms with Crippen molar-refractivity contribution in [1.29, 1.82) is 0 Å². The number of aliphatic hydroxyl groups is 1. The van der Waals surface area contributed by atoms with Gasteiger partial charge >= 0.3 is 0 Å². The summed E-state index contributed by atoms with van der Waals surface area (Å²) in [6, 6.07) is 5.13. The lowest BCUT2D eigenvalue weighted by Gasteiger charge is -2.35. The van der Waals surface area contributed by atoms with Crippen LogP contribution in [0, 0.1) is 0 Å². The van der Waals surface area contributed by atoms with Gasteiger partial charge in [-0.05, 0) is 38.0 Å². The van der Waals surface area contributed by atoms with Crippen LogP contribution in [0.4, 0.5) is 11.4 Å². The summed E-state index contributed by atoms with van der Waals surface area (Å²) in [7, 11) is 1.55. The van der Waals surface area contributed by atoms with E-state index in [0.717, 1.165) is 0 Å². The summed E-state index contributed by atoms with van der Waals surface area (Å²) in [5.74, 6) is 0.472. The van der Waals surface area contributed by atoms with Crippen molar-refractivity contribution >= 4 is 17.3 Å². The van der Waals surface area contributed by atoms with Gasteiger partial charge in [0.2, 0.25) is 5.91 Å². The normalized spacial score (nSPS) is 18.2. The van der Waals surface area contributed by atoms with Gasteiger partial charge in [0.05, 0.1) is 24.9 Å². The number of nitrogens with zero attached hydrogens (tertiary/aromatic N) is 1. The first kappa shape index (κ1) is 15.6. The largest absolute Gasteiger partial charge is 0.495 e. The van der Waals surface area contributed by atoms with E-state index in [1.54, 1.807) is 25.3 Å². The highest BCUT2D eigenvalue weighted by molar-refractivity contribution is 5.94. The summed E-state index contributed by atoms with van der Waals surface area (Å²) in [6.45, 7) is 3.57. The maximum atomic E-state index is 12.1. The molecule has 0 spiro atoms. The number of nitrogens with one attached hydrogen (secondary N) is 1. The van der Waals surface area contributed by atoms with Crippen molar-refractivity contribution in [2.75, 3.05) is 37.8 Å². The van der Waals surface area contributed by atoms with Crippen molar-refractivity contribution < 1.29 is 14.6 Å². The van der Waals surface area contributed by atoms with Crippen LogP contribution in [0.1, 0.15) is 19.8 Å². The molecule has 21 heavy (non-hydrogen) atoms. The SMILES string of the molecule is COc1ccc(N)cc1NC(=O)CN1CCC(C)(O)CC1. The highest BCUT2D eigenvalue weighted by atomic mass is 16.5. The number of anilines is 2. The summed E-state index contributed by atoms with van der Waals surface area (Å²) in [6.07, 6.45) is 1.36. The van der Waals surface area contributed by atoms with Gasteiger partial charge in [-0.1, -0.05) is 0 Å². The van der Waals surface area contributed by atoms with Gasteiger partial charge in [-0.2, -0.15) is 0 Å². The second-order valence-electron chi connectivity index (χ2n) is 5.78. The Bertz CT molecular complexity index is 507. The van der Waals surface area contributed by atoms with Gasteiger partial charge in [-0.3, -0.25) is 9.69 Å². The Balaban J connectivity index is 1.92. The predicted molar refractivity (Wildman–Crippen MR) is 82.3 cm³/mol. The fourth-order valence-corrected chi connectivity index (χ4v) is 2.41. The van der Waals surface area contributed by atoms with Gasteiger partial charge in [0, 0.05) is 18.8 Å². The average Bonchev–Trinajstić information content (AvgIpc) is 2.41. The summed E-state index contributed by atoms with van der Waals surface area (Å²) in [4.78, 5) is 14.1. The number of hydrogen-bond acceptors (Lipinski definition) is 5. The Morgan fingerprint density at radius 2 is 2.14 bits per heavy atom. The monoisotopic (exact) mass is 293 g/mol. The lowest BCUT2D eigenvalue weighted by molar-refractivity contribution is -0.118. The van der Waals surface area contributed by atoms with Crippen LogP contribution in [-0.4, -0.2) is 48.3 Å². The molecule has 0 bridgehead atoms. The molecule has 1 aromatic rings. The first-order valence-electron chi connectivity index (χ1n) is 7.08. The number of methoxy groups -OCH3 is 1. The number of likely N-dealkylation sites (tertiary alicyclic amines) is 1. The fourth-order valence-electron chi connectivity index (χ4n) is 2.41. The Labute approximate surface area is 124 Å². The summed E-state index contributed by atoms with van der Waals surface area (Å²) in [5, 5.41) is 12.7. The van der Waals surface area contributed by atoms with Gasteiger partial charge < -0.3 is 20.9 Å². The van der Waals surface area contributed by atoms with Crippen molar-refractivity contribution in [3.8, 4) is 5.75 Å². The molecule has 6 heteroatoms. The minimum Gasteiger partial charge on any atom is -0.495 e. The van der Waals surface area contributed by atoms with E-state index >= 15 is 0 Å². The van der Waals surface area contributed by atoms with Gasteiger partial charge in [0.25, 0.3) is 0 Å². The van der Waals surface area contributed by atoms with Gasteiger partial charge in [0.15, 0.2) is 0 Å². The number of ether oxygens (including phenoxy) is 1. The molecular formula is C15H23N3O3. The van der Waals surface area contributed by atoms with E-state index in [4.69, 9.17) is 10.5 Å². The molecule has 0 aromatic heterocycles. The number of nitrogen functional groups attached to an aromatic ring is 1. The molecule has 0 aliphatic carbocycles. The Morgan fingerprint density at radius 3 is 2.76 bits per heavy atom. The number of amides is 1. The maximum Gasteiger partial charge on any atom is 0.238 e. The van der Waals surface area contributed by atoms with Crippen LogP contribution in [0.2, 0.25) is 0 Å². The van der Waals surface area contributed by atoms with Crippen molar-refractivity contribution in [3.05, 3.63) is 18.2 Å². The average molecular weight is 293 g/mol. The highest BCUT2D eigenvalue weighted by Crippen LogP contribution is 2.26. The van der Waals surface area contributed by atoms with Crippen molar-refractivity contribution in [2.45, 2.75) is 25.4 Å². The second-order valence-corrected chi connectivity index (χ2v) is 5.78. The van der Waals surface area contributed by atoms with Crippen LogP contribution >= 0.6 is 0 Å². The molecule has 1 aliphatic rings. The quantitative estimate of drug-likeness (QED) is 0.723. The number of hydrogen-bond donors (Lipinski definition) is 3. The Hall–Kier alpha value is -1.79. The molecule has 0 atom stereocenters. The first-order chi connectivity index (χ1) is 9.89. The van der Waals surface area contributed by atoms with E-state index in [0.29, 0.717) is 49.6 Å². The minimum atomic E-state index is -0.607. The number of nitrogens with two attached hydrogens (primary N) is 1. The lowest BCUT2D eigenvalue weighted by Crippen LogP contribution is -2.45. The zero-order chi connectivity index (χ0) is 15.5. The van der Waals surface area contributed by atoms with E-state index in [1.807, 2.05) is 11.8 Å². The molecule has 0 saturated carbocycles. The summed E-state index contributed by atoms with van der Waals surface area (Å²) < 4.78 is 5.20. The van der Waals surface area contributed by atoms with Crippen LogP contribution in [0.3, 0.4) is 0 Å². The number of rotatable bonds is 4. The molecule has 6 nitrogen and oxygen atoms in total. The van der Waals surface area contributed by atoms with E-state index in [9.17, 15) is 9.90 Å². The number of carbonyl (C=O) groups excluding carboxylic acids is 1. The van der Waals surface area contributed by atoms with E-state index in [2.05, 4.69) is 5.32 Å². The van der Waals surface area contributed by atoms with E-state index < -0.39 is 5.60 Å².